The van der Waals surface area contributed by atoms with Gasteiger partial charge >= 0.3 is 0 Å². The molecule has 3 N–H and O–H groups in total. The average Bonchev–Trinajstić information content (AvgIpc) is 3.33. The van der Waals surface area contributed by atoms with Crippen LogP contribution in [0.3, 0.4) is 0 Å². The fraction of sp³-hybridized carbons (Fsp3) is 0.207. The summed E-state index contributed by atoms with van der Waals surface area (Å²) >= 11 is 5.53. The maximum atomic E-state index is 13.3. The van der Waals surface area contributed by atoms with Crippen LogP contribution in [0.5, 0.6) is 17.2 Å². The number of aromatic nitrogens is 3. The number of ether oxygens (including phenoxy) is 3. The molecule has 0 fully saturated rings. The lowest BCUT2D eigenvalue weighted by atomic mass is 10.1. The highest BCUT2D eigenvalue weighted by atomic mass is 32.1. The van der Waals surface area contributed by atoms with Crippen molar-refractivity contribution in [3.05, 3.63) is 92.5 Å². The zero-order valence-electron chi connectivity index (χ0n) is 21.8. The number of nitrogens with one attached hydrogen (secondary N) is 3. The van der Waals surface area contributed by atoms with Crippen molar-refractivity contribution >= 4 is 40.1 Å². The molecule has 0 saturated heterocycles. The Morgan fingerprint density at radius 1 is 0.897 bits per heavy atom. The number of carbonyl (C=O) groups is 1. The highest BCUT2D eigenvalue weighted by molar-refractivity contribution is 7.71. The first-order chi connectivity index (χ1) is 18.9. The number of hydrogen-bond donors (Lipinski definition) is 3. The molecule has 39 heavy (non-hydrogen) atoms. The van der Waals surface area contributed by atoms with E-state index in [1.165, 1.54) is 4.57 Å². The predicted molar refractivity (Wildman–Crippen MR) is 153 cm³/mol. The van der Waals surface area contributed by atoms with Crippen molar-refractivity contribution in [3.8, 4) is 17.2 Å². The molecule has 5 aromatic rings. The zero-order valence-corrected chi connectivity index (χ0v) is 22.6. The van der Waals surface area contributed by atoms with Gasteiger partial charge in [-0.3, -0.25) is 14.2 Å². The van der Waals surface area contributed by atoms with Gasteiger partial charge in [-0.05, 0) is 66.2 Å². The summed E-state index contributed by atoms with van der Waals surface area (Å²) in [5, 5.41) is 3.77. The summed E-state index contributed by atoms with van der Waals surface area (Å²) in [6.45, 7) is 0.714. The van der Waals surface area contributed by atoms with E-state index in [0.29, 0.717) is 51.6 Å². The summed E-state index contributed by atoms with van der Waals surface area (Å²) in [4.78, 5) is 32.4. The van der Waals surface area contributed by atoms with Gasteiger partial charge in [-0.1, -0.05) is 18.2 Å². The fourth-order valence-electron chi connectivity index (χ4n) is 4.55. The normalized spacial score (nSPS) is 11.1. The van der Waals surface area contributed by atoms with Gasteiger partial charge in [-0.15, -0.1) is 0 Å². The topological polar surface area (TPSA) is 110 Å². The Morgan fingerprint density at radius 3 is 2.33 bits per heavy atom. The van der Waals surface area contributed by atoms with Crippen LogP contribution in [-0.2, 0) is 13.0 Å². The highest BCUT2D eigenvalue weighted by Gasteiger charge is 2.13. The van der Waals surface area contributed by atoms with E-state index >= 15 is 0 Å². The van der Waals surface area contributed by atoms with Gasteiger partial charge < -0.3 is 29.5 Å². The summed E-state index contributed by atoms with van der Waals surface area (Å²) in [5.41, 5.74) is 4.02. The van der Waals surface area contributed by atoms with Crippen molar-refractivity contribution in [1.29, 1.82) is 0 Å². The van der Waals surface area contributed by atoms with Crippen LogP contribution in [0.1, 0.15) is 21.5 Å². The minimum atomic E-state index is -0.223. The molecule has 0 saturated carbocycles. The molecular weight excluding hydrogens is 516 g/mol. The van der Waals surface area contributed by atoms with Gasteiger partial charge in [0.25, 0.3) is 11.5 Å². The van der Waals surface area contributed by atoms with Crippen LogP contribution >= 0.6 is 12.2 Å². The third-order valence-corrected chi connectivity index (χ3v) is 7.00. The molecule has 9 nitrogen and oxygen atoms in total. The van der Waals surface area contributed by atoms with Crippen LogP contribution in [0.25, 0.3) is 21.9 Å². The van der Waals surface area contributed by atoms with Gasteiger partial charge in [-0.25, -0.2) is 0 Å². The van der Waals surface area contributed by atoms with Crippen LogP contribution < -0.4 is 25.1 Å². The van der Waals surface area contributed by atoms with E-state index < -0.39 is 0 Å². The van der Waals surface area contributed by atoms with Crippen molar-refractivity contribution in [3.63, 3.8) is 0 Å². The number of benzene rings is 3. The molecular formula is C29H28N4O5S. The first kappa shape index (κ1) is 26.1. The Balaban J connectivity index is 1.28. The lowest BCUT2D eigenvalue weighted by molar-refractivity contribution is 0.0954. The molecule has 0 aliphatic carbocycles. The Labute approximate surface area is 229 Å². The van der Waals surface area contributed by atoms with Crippen molar-refractivity contribution in [1.82, 2.24) is 19.9 Å². The first-order valence-corrected chi connectivity index (χ1v) is 12.7. The van der Waals surface area contributed by atoms with Crippen LogP contribution in [0.2, 0.25) is 0 Å². The molecule has 5 rings (SSSR count). The SMILES string of the molecule is COc1ccc(CCNC(=O)c2ccc(Cn3c(=S)[nH]c4c([nH]c5ccc(OC)cc54)c3=O)cc2)c(OC)c1. The van der Waals surface area contributed by atoms with Crippen LogP contribution in [-0.4, -0.2) is 48.3 Å². The molecule has 2 aromatic heterocycles. The summed E-state index contributed by atoms with van der Waals surface area (Å²) in [6, 6.07) is 18.3. The zero-order chi connectivity index (χ0) is 27.5. The number of amides is 1. The van der Waals surface area contributed by atoms with Crippen molar-refractivity contribution < 1.29 is 19.0 Å². The van der Waals surface area contributed by atoms with E-state index in [-0.39, 0.29) is 18.0 Å². The second-order valence-electron chi connectivity index (χ2n) is 8.99. The number of hydrogen-bond acceptors (Lipinski definition) is 6. The molecule has 2 heterocycles. The molecule has 200 valence electrons. The van der Waals surface area contributed by atoms with E-state index in [4.69, 9.17) is 26.4 Å². The lowest BCUT2D eigenvalue weighted by Gasteiger charge is -2.11. The molecule has 0 atom stereocenters. The number of fused-ring (bicyclic) bond motifs is 3. The van der Waals surface area contributed by atoms with Gasteiger partial charge in [0.05, 0.1) is 33.4 Å². The molecule has 0 spiro atoms. The average molecular weight is 545 g/mol. The van der Waals surface area contributed by atoms with E-state index in [1.807, 2.05) is 48.5 Å². The third kappa shape index (κ3) is 5.23. The maximum absolute atomic E-state index is 13.3. The van der Waals surface area contributed by atoms with E-state index in [2.05, 4.69) is 15.3 Å². The number of carbonyl (C=O) groups excluding carboxylic acids is 1. The number of rotatable bonds is 9. The van der Waals surface area contributed by atoms with Crippen molar-refractivity contribution in [2.75, 3.05) is 27.9 Å². The predicted octanol–water partition coefficient (Wildman–Crippen LogP) is 4.59. The van der Waals surface area contributed by atoms with Crippen LogP contribution in [0.4, 0.5) is 0 Å². The van der Waals surface area contributed by atoms with Crippen molar-refractivity contribution in [2.24, 2.45) is 0 Å². The molecule has 3 aromatic carbocycles. The Bertz CT molecular complexity index is 1790. The van der Waals surface area contributed by atoms with Gasteiger partial charge in [0.15, 0.2) is 4.77 Å². The van der Waals surface area contributed by atoms with Gasteiger partial charge in [-0.2, -0.15) is 0 Å². The standard InChI is InChI=1S/C29H28N4O5S/c1-36-20-10-11-23-22(14-20)25-26(31-23)28(35)33(29(39)32-25)16-17-4-6-19(7-5-17)27(34)30-13-12-18-8-9-21(37-2)15-24(18)38-3/h4-11,14-15,31H,12-13,16H2,1-3H3,(H,30,34)(H,32,39). The Kier molecular flexibility index (Phi) is 7.38. The second kappa shape index (κ2) is 11.0. The molecule has 0 aliphatic rings. The summed E-state index contributed by atoms with van der Waals surface area (Å²) in [6.07, 6.45) is 0.612. The second-order valence-corrected chi connectivity index (χ2v) is 9.38. The van der Waals surface area contributed by atoms with Gasteiger partial charge in [0.2, 0.25) is 0 Å². The molecule has 0 aliphatic heterocycles. The minimum Gasteiger partial charge on any atom is -0.497 e. The summed E-state index contributed by atoms with van der Waals surface area (Å²) < 4.78 is 17.8. The fourth-order valence-corrected chi connectivity index (χ4v) is 4.80. The van der Waals surface area contributed by atoms with E-state index in [0.717, 1.165) is 22.0 Å². The lowest BCUT2D eigenvalue weighted by Crippen LogP contribution is -2.26. The van der Waals surface area contributed by atoms with Crippen LogP contribution in [0, 0.1) is 4.77 Å². The first-order valence-electron chi connectivity index (χ1n) is 12.3. The number of nitrogens with zero attached hydrogens (tertiary/aromatic N) is 1. The third-order valence-electron chi connectivity index (χ3n) is 6.67. The highest BCUT2D eigenvalue weighted by Crippen LogP contribution is 2.26. The quantitative estimate of drug-likeness (QED) is 0.234. The Hall–Kier alpha value is -4.57. The summed E-state index contributed by atoms with van der Waals surface area (Å²) in [5.74, 6) is 1.94. The van der Waals surface area contributed by atoms with Gasteiger partial charge in [0, 0.05) is 29.1 Å². The van der Waals surface area contributed by atoms with Crippen LogP contribution in [0.15, 0.2) is 65.5 Å². The smallest absolute Gasteiger partial charge is 0.278 e. The molecule has 10 heteroatoms. The molecule has 0 bridgehead atoms. The monoisotopic (exact) mass is 544 g/mol. The maximum Gasteiger partial charge on any atom is 0.278 e. The molecule has 0 radical (unpaired) electrons. The van der Waals surface area contributed by atoms with Gasteiger partial charge in [0.1, 0.15) is 22.8 Å². The minimum absolute atomic E-state index is 0.182. The summed E-state index contributed by atoms with van der Waals surface area (Å²) in [7, 11) is 4.81. The number of methoxy groups -OCH3 is 3. The molecule has 1 amide bonds. The number of H-pyrrole nitrogens is 2. The molecule has 0 unspecified atom stereocenters. The van der Waals surface area contributed by atoms with E-state index in [9.17, 15) is 9.59 Å². The largest absolute Gasteiger partial charge is 0.497 e. The Morgan fingerprint density at radius 2 is 1.62 bits per heavy atom. The van der Waals surface area contributed by atoms with Crippen molar-refractivity contribution in [2.45, 2.75) is 13.0 Å². The number of aromatic amines is 2. The van der Waals surface area contributed by atoms with E-state index in [1.54, 1.807) is 33.5 Å².